The zero-order valence-electron chi connectivity index (χ0n) is 18.5. The lowest BCUT2D eigenvalue weighted by molar-refractivity contribution is -0.257. The molecule has 1 aliphatic heterocycles. The van der Waals surface area contributed by atoms with Crippen LogP contribution in [0.1, 0.15) is 27.7 Å². The minimum absolute atomic E-state index is 0.310. The van der Waals surface area contributed by atoms with E-state index in [9.17, 15) is 19.2 Å². The van der Waals surface area contributed by atoms with Gasteiger partial charge in [0, 0.05) is 33.8 Å². The van der Waals surface area contributed by atoms with Crippen LogP contribution in [0.2, 0.25) is 0 Å². The summed E-state index contributed by atoms with van der Waals surface area (Å²) in [6, 6.07) is 5.57. The molecule has 0 spiro atoms. The Labute approximate surface area is 185 Å². The fraction of sp³-hybridized carbons (Fsp3) is 0.524. The quantitative estimate of drug-likeness (QED) is 0.443. The van der Waals surface area contributed by atoms with Gasteiger partial charge in [0.05, 0.1) is 7.11 Å². The molecular formula is C21H27NO10. The van der Waals surface area contributed by atoms with E-state index in [0.29, 0.717) is 11.5 Å². The van der Waals surface area contributed by atoms with Crippen molar-refractivity contribution in [2.75, 3.05) is 13.7 Å². The maximum Gasteiger partial charge on any atom is 0.303 e. The molecule has 0 saturated carbocycles. The van der Waals surface area contributed by atoms with Gasteiger partial charge in [0.15, 0.2) is 12.2 Å². The summed E-state index contributed by atoms with van der Waals surface area (Å²) in [5.41, 5.74) is 0. The molecule has 0 radical (unpaired) electrons. The van der Waals surface area contributed by atoms with Crippen molar-refractivity contribution in [3.8, 4) is 11.5 Å². The molecule has 1 heterocycles. The Morgan fingerprint density at radius 2 is 1.56 bits per heavy atom. The molecule has 2 rings (SSSR count). The molecule has 1 N–H and O–H groups in total. The molecule has 1 aromatic rings. The summed E-state index contributed by atoms with van der Waals surface area (Å²) in [6.07, 6.45) is -4.61. The van der Waals surface area contributed by atoms with Crippen LogP contribution in [0, 0.1) is 0 Å². The molecule has 5 atom stereocenters. The SMILES string of the molecule is COc1cccc(O[C@H]2O[C@@H](COC(C)=O)[C@@H](OC(C)=O)[C@@H](OC(C)=O)[C@H]2NC(C)=O)c1. The summed E-state index contributed by atoms with van der Waals surface area (Å²) in [4.78, 5) is 46.8. The largest absolute Gasteiger partial charge is 0.497 e. The number of nitrogens with one attached hydrogen (secondary N) is 1. The lowest BCUT2D eigenvalue weighted by Crippen LogP contribution is -2.67. The minimum Gasteiger partial charge on any atom is -0.497 e. The molecule has 1 saturated heterocycles. The van der Waals surface area contributed by atoms with Gasteiger partial charge in [-0.15, -0.1) is 0 Å². The first-order valence-corrected chi connectivity index (χ1v) is 9.81. The molecule has 0 bridgehead atoms. The summed E-state index contributed by atoms with van der Waals surface area (Å²) in [6.45, 7) is 4.50. The number of ether oxygens (including phenoxy) is 6. The van der Waals surface area contributed by atoms with E-state index in [2.05, 4.69) is 5.32 Å². The number of carbonyl (C=O) groups is 4. The molecule has 0 unspecified atom stereocenters. The van der Waals surface area contributed by atoms with E-state index in [-0.39, 0.29) is 6.61 Å². The third-order valence-corrected chi connectivity index (χ3v) is 4.36. The fourth-order valence-electron chi connectivity index (χ4n) is 3.20. The molecular weight excluding hydrogens is 426 g/mol. The van der Waals surface area contributed by atoms with Gasteiger partial charge < -0.3 is 33.7 Å². The predicted molar refractivity (Wildman–Crippen MR) is 108 cm³/mol. The topological polar surface area (TPSA) is 136 Å². The number of hydrogen-bond donors (Lipinski definition) is 1. The van der Waals surface area contributed by atoms with Gasteiger partial charge in [-0.2, -0.15) is 0 Å². The zero-order chi connectivity index (χ0) is 23.8. The van der Waals surface area contributed by atoms with E-state index >= 15 is 0 Å². The van der Waals surface area contributed by atoms with E-state index in [4.69, 9.17) is 28.4 Å². The zero-order valence-corrected chi connectivity index (χ0v) is 18.5. The van der Waals surface area contributed by atoms with Crippen molar-refractivity contribution in [1.29, 1.82) is 0 Å². The lowest BCUT2D eigenvalue weighted by atomic mass is 9.96. The molecule has 176 valence electrons. The van der Waals surface area contributed by atoms with Crippen LogP contribution in [0.3, 0.4) is 0 Å². The summed E-state index contributed by atoms with van der Waals surface area (Å²) >= 11 is 0. The Balaban J connectivity index is 2.45. The highest BCUT2D eigenvalue weighted by Crippen LogP contribution is 2.30. The fourth-order valence-corrected chi connectivity index (χ4v) is 3.20. The highest BCUT2D eigenvalue weighted by Gasteiger charge is 2.51. The Morgan fingerprint density at radius 3 is 2.12 bits per heavy atom. The number of rotatable bonds is 8. The molecule has 1 fully saturated rings. The Morgan fingerprint density at radius 1 is 0.938 bits per heavy atom. The molecule has 11 heteroatoms. The van der Waals surface area contributed by atoms with Gasteiger partial charge in [0.1, 0.15) is 30.3 Å². The normalized spacial score (nSPS) is 24.6. The van der Waals surface area contributed by atoms with E-state index in [0.717, 1.165) is 0 Å². The van der Waals surface area contributed by atoms with Gasteiger partial charge in [-0.25, -0.2) is 0 Å². The average molecular weight is 453 g/mol. The van der Waals surface area contributed by atoms with Gasteiger partial charge in [-0.3, -0.25) is 19.2 Å². The van der Waals surface area contributed by atoms with Crippen LogP contribution in [-0.2, 0) is 38.1 Å². The van der Waals surface area contributed by atoms with Crippen LogP contribution in [0.5, 0.6) is 11.5 Å². The van der Waals surface area contributed by atoms with E-state index in [1.165, 1.54) is 34.8 Å². The highest BCUT2D eigenvalue weighted by molar-refractivity contribution is 5.73. The van der Waals surface area contributed by atoms with Crippen molar-refractivity contribution in [3.63, 3.8) is 0 Å². The van der Waals surface area contributed by atoms with Gasteiger partial charge in [0.25, 0.3) is 0 Å². The third-order valence-electron chi connectivity index (χ3n) is 4.36. The number of esters is 3. The van der Waals surface area contributed by atoms with Gasteiger partial charge in [0.2, 0.25) is 12.2 Å². The number of benzene rings is 1. The smallest absolute Gasteiger partial charge is 0.303 e. The number of amides is 1. The molecule has 32 heavy (non-hydrogen) atoms. The number of methoxy groups -OCH3 is 1. The van der Waals surface area contributed by atoms with E-state index in [1.54, 1.807) is 24.3 Å². The van der Waals surface area contributed by atoms with Gasteiger partial charge in [-0.1, -0.05) is 6.07 Å². The summed E-state index contributed by atoms with van der Waals surface area (Å²) < 4.78 is 32.8. The molecule has 11 nitrogen and oxygen atoms in total. The molecule has 1 aromatic carbocycles. The van der Waals surface area contributed by atoms with E-state index in [1.807, 2.05) is 0 Å². The van der Waals surface area contributed by atoms with Crippen molar-refractivity contribution in [3.05, 3.63) is 24.3 Å². The second kappa shape index (κ2) is 11.3. The highest BCUT2D eigenvalue weighted by atomic mass is 16.7. The molecule has 0 aliphatic carbocycles. The van der Waals surface area contributed by atoms with Crippen LogP contribution in [0.25, 0.3) is 0 Å². The van der Waals surface area contributed by atoms with Gasteiger partial charge in [-0.05, 0) is 12.1 Å². The van der Waals surface area contributed by atoms with Crippen molar-refractivity contribution in [2.24, 2.45) is 0 Å². The molecule has 1 aliphatic rings. The summed E-state index contributed by atoms with van der Waals surface area (Å²) in [7, 11) is 1.49. The molecule has 1 amide bonds. The minimum atomic E-state index is -1.19. The first-order chi connectivity index (χ1) is 15.1. The predicted octanol–water partition coefficient (Wildman–Crippen LogP) is 0.730. The van der Waals surface area contributed by atoms with Crippen LogP contribution < -0.4 is 14.8 Å². The van der Waals surface area contributed by atoms with Gasteiger partial charge >= 0.3 is 17.9 Å². The Hall–Kier alpha value is -3.34. The maximum absolute atomic E-state index is 11.9. The lowest BCUT2D eigenvalue weighted by Gasteiger charge is -2.44. The maximum atomic E-state index is 11.9. The van der Waals surface area contributed by atoms with Crippen molar-refractivity contribution < 1.29 is 47.6 Å². The van der Waals surface area contributed by atoms with Crippen LogP contribution in [0.4, 0.5) is 0 Å². The van der Waals surface area contributed by atoms with Crippen LogP contribution >= 0.6 is 0 Å². The second-order valence-electron chi connectivity index (χ2n) is 7.02. The second-order valence-corrected chi connectivity index (χ2v) is 7.02. The standard InChI is InChI=1S/C21H27NO10/c1-11(23)22-18-20(30-14(4)26)19(29-13(3)25)17(10-28-12(2)24)32-21(18)31-16-8-6-7-15(9-16)27-5/h6-9,17-21H,10H2,1-5H3,(H,22,23)/t17-,18+,19+,20-,21-/m0/s1. The Kier molecular flexibility index (Phi) is 8.82. The van der Waals surface area contributed by atoms with Crippen LogP contribution in [-0.4, -0.2) is 68.2 Å². The van der Waals surface area contributed by atoms with Crippen molar-refractivity contribution in [1.82, 2.24) is 5.32 Å². The van der Waals surface area contributed by atoms with Crippen molar-refractivity contribution >= 4 is 23.8 Å². The summed E-state index contributed by atoms with van der Waals surface area (Å²) in [5.74, 6) is -1.57. The number of carbonyl (C=O) groups excluding carboxylic acids is 4. The molecule has 0 aromatic heterocycles. The van der Waals surface area contributed by atoms with Crippen LogP contribution in [0.15, 0.2) is 24.3 Å². The van der Waals surface area contributed by atoms with Crippen molar-refractivity contribution in [2.45, 2.75) is 58.3 Å². The first-order valence-electron chi connectivity index (χ1n) is 9.81. The van der Waals surface area contributed by atoms with E-state index < -0.39 is 54.5 Å². The monoisotopic (exact) mass is 453 g/mol. The summed E-state index contributed by atoms with van der Waals surface area (Å²) in [5, 5.41) is 2.63. The number of hydrogen-bond acceptors (Lipinski definition) is 10. The third kappa shape index (κ3) is 7.12. The average Bonchev–Trinajstić information content (AvgIpc) is 2.70. The first kappa shape index (κ1) is 24.9. The Bertz CT molecular complexity index is 842.